The Morgan fingerprint density at radius 1 is 1.41 bits per heavy atom. The van der Waals surface area contributed by atoms with Gasteiger partial charge in [-0.05, 0) is 25.0 Å². The Bertz CT molecular complexity index is 377. The molecule has 17 heavy (non-hydrogen) atoms. The molecular weight excluding hydrogens is 214 g/mol. The molecule has 0 spiro atoms. The summed E-state index contributed by atoms with van der Waals surface area (Å²) in [5.41, 5.74) is 3.85. The first kappa shape index (κ1) is 13.5. The summed E-state index contributed by atoms with van der Waals surface area (Å²) in [6.07, 6.45) is 0. The number of amides is 1. The van der Waals surface area contributed by atoms with Crippen molar-refractivity contribution in [2.75, 3.05) is 18.5 Å². The van der Waals surface area contributed by atoms with Gasteiger partial charge in [0.05, 0.1) is 11.3 Å². The van der Waals surface area contributed by atoms with Crippen LogP contribution in [-0.2, 0) is 0 Å². The van der Waals surface area contributed by atoms with Gasteiger partial charge in [-0.15, -0.1) is 0 Å². The zero-order valence-corrected chi connectivity index (χ0v) is 10.7. The molecule has 0 saturated heterocycles. The standard InChI is InChI=1S/C13H21N3O/c1-4-16(9-10(2)3)13(17)11-7-5-6-8-12(11)15-14/h5-8,10,15H,4,9,14H2,1-3H3. The lowest BCUT2D eigenvalue weighted by Crippen LogP contribution is -2.34. The average Bonchev–Trinajstić information content (AvgIpc) is 2.34. The number of para-hydroxylation sites is 1. The summed E-state index contributed by atoms with van der Waals surface area (Å²) >= 11 is 0. The predicted octanol–water partition coefficient (Wildman–Crippen LogP) is 2.09. The van der Waals surface area contributed by atoms with Crippen molar-refractivity contribution in [2.24, 2.45) is 11.8 Å². The maximum Gasteiger partial charge on any atom is 0.255 e. The molecule has 0 saturated carbocycles. The Labute approximate surface area is 103 Å². The van der Waals surface area contributed by atoms with Crippen LogP contribution in [0.5, 0.6) is 0 Å². The molecule has 0 aliphatic heterocycles. The van der Waals surface area contributed by atoms with E-state index < -0.39 is 0 Å². The minimum absolute atomic E-state index is 0.0229. The number of benzene rings is 1. The molecule has 4 nitrogen and oxygen atoms in total. The van der Waals surface area contributed by atoms with E-state index in [1.165, 1.54) is 0 Å². The van der Waals surface area contributed by atoms with Crippen LogP contribution in [0.2, 0.25) is 0 Å². The van der Waals surface area contributed by atoms with Crippen LogP contribution >= 0.6 is 0 Å². The molecule has 0 fully saturated rings. The summed E-state index contributed by atoms with van der Waals surface area (Å²) in [5.74, 6) is 5.89. The van der Waals surface area contributed by atoms with E-state index in [-0.39, 0.29) is 5.91 Å². The van der Waals surface area contributed by atoms with Gasteiger partial charge in [-0.25, -0.2) is 0 Å². The molecule has 1 amide bonds. The van der Waals surface area contributed by atoms with Gasteiger partial charge >= 0.3 is 0 Å². The van der Waals surface area contributed by atoms with Crippen molar-refractivity contribution in [3.05, 3.63) is 29.8 Å². The molecule has 0 unspecified atom stereocenters. The summed E-state index contributed by atoms with van der Waals surface area (Å²) in [4.78, 5) is 14.2. The van der Waals surface area contributed by atoms with Crippen LogP contribution < -0.4 is 11.3 Å². The van der Waals surface area contributed by atoms with Gasteiger partial charge < -0.3 is 10.3 Å². The molecule has 1 aromatic rings. The highest BCUT2D eigenvalue weighted by atomic mass is 16.2. The molecule has 0 aromatic heterocycles. The molecule has 0 radical (unpaired) electrons. The zero-order valence-electron chi connectivity index (χ0n) is 10.7. The minimum atomic E-state index is 0.0229. The lowest BCUT2D eigenvalue weighted by molar-refractivity contribution is 0.0746. The smallest absolute Gasteiger partial charge is 0.255 e. The van der Waals surface area contributed by atoms with E-state index in [0.717, 1.165) is 6.54 Å². The van der Waals surface area contributed by atoms with Crippen LogP contribution in [0.4, 0.5) is 5.69 Å². The van der Waals surface area contributed by atoms with Crippen LogP contribution in [-0.4, -0.2) is 23.9 Å². The normalized spacial score (nSPS) is 10.4. The van der Waals surface area contributed by atoms with E-state index in [9.17, 15) is 4.79 Å². The fraction of sp³-hybridized carbons (Fsp3) is 0.462. The number of nitrogens with two attached hydrogens (primary N) is 1. The number of hydrazine groups is 1. The molecule has 1 rings (SSSR count). The largest absolute Gasteiger partial charge is 0.339 e. The molecule has 0 aliphatic carbocycles. The third kappa shape index (κ3) is 3.46. The van der Waals surface area contributed by atoms with Crippen LogP contribution in [0.15, 0.2) is 24.3 Å². The van der Waals surface area contributed by atoms with Crippen molar-refractivity contribution < 1.29 is 4.79 Å². The first-order valence-electron chi connectivity index (χ1n) is 5.95. The van der Waals surface area contributed by atoms with Gasteiger partial charge in [0.25, 0.3) is 5.91 Å². The highest BCUT2D eigenvalue weighted by Crippen LogP contribution is 2.16. The number of nitrogen functional groups attached to an aromatic ring is 1. The SMILES string of the molecule is CCN(CC(C)C)C(=O)c1ccccc1NN. The average molecular weight is 235 g/mol. The van der Waals surface area contributed by atoms with Crippen molar-refractivity contribution in [3.8, 4) is 0 Å². The van der Waals surface area contributed by atoms with Gasteiger partial charge in [0, 0.05) is 13.1 Å². The fourth-order valence-electron chi connectivity index (χ4n) is 1.76. The lowest BCUT2D eigenvalue weighted by atomic mass is 10.1. The number of rotatable bonds is 5. The first-order valence-corrected chi connectivity index (χ1v) is 5.95. The molecule has 0 heterocycles. The third-order valence-corrected chi connectivity index (χ3v) is 2.57. The van der Waals surface area contributed by atoms with Crippen molar-refractivity contribution in [1.29, 1.82) is 0 Å². The van der Waals surface area contributed by atoms with E-state index in [4.69, 9.17) is 5.84 Å². The number of carbonyl (C=O) groups excluding carboxylic acids is 1. The second-order valence-corrected chi connectivity index (χ2v) is 4.43. The molecule has 94 valence electrons. The topological polar surface area (TPSA) is 58.4 Å². The van der Waals surface area contributed by atoms with E-state index in [1.54, 1.807) is 12.1 Å². The highest BCUT2D eigenvalue weighted by molar-refractivity contribution is 5.99. The Morgan fingerprint density at radius 3 is 2.59 bits per heavy atom. The third-order valence-electron chi connectivity index (χ3n) is 2.57. The number of anilines is 1. The van der Waals surface area contributed by atoms with Gasteiger partial charge in [-0.3, -0.25) is 10.6 Å². The summed E-state index contributed by atoms with van der Waals surface area (Å²) in [7, 11) is 0. The van der Waals surface area contributed by atoms with Crippen molar-refractivity contribution >= 4 is 11.6 Å². The Kier molecular flexibility index (Phi) is 4.97. The quantitative estimate of drug-likeness (QED) is 0.607. The Balaban J connectivity index is 2.93. The van der Waals surface area contributed by atoms with Crippen LogP contribution in [0.3, 0.4) is 0 Å². The number of nitrogens with zero attached hydrogens (tertiary/aromatic N) is 1. The Morgan fingerprint density at radius 2 is 2.06 bits per heavy atom. The number of carbonyl (C=O) groups is 1. The van der Waals surface area contributed by atoms with Gasteiger partial charge in [0.15, 0.2) is 0 Å². The van der Waals surface area contributed by atoms with E-state index >= 15 is 0 Å². The highest BCUT2D eigenvalue weighted by Gasteiger charge is 2.17. The predicted molar refractivity (Wildman–Crippen MR) is 70.7 cm³/mol. The minimum Gasteiger partial charge on any atom is -0.339 e. The second-order valence-electron chi connectivity index (χ2n) is 4.43. The molecular formula is C13H21N3O. The number of hydrogen-bond donors (Lipinski definition) is 2. The second kappa shape index (κ2) is 6.25. The Hall–Kier alpha value is -1.55. The van der Waals surface area contributed by atoms with E-state index in [0.29, 0.717) is 23.7 Å². The van der Waals surface area contributed by atoms with Crippen molar-refractivity contribution in [3.63, 3.8) is 0 Å². The maximum atomic E-state index is 12.3. The summed E-state index contributed by atoms with van der Waals surface area (Å²) in [5, 5.41) is 0. The molecule has 3 N–H and O–H groups in total. The van der Waals surface area contributed by atoms with Gasteiger partial charge in [-0.1, -0.05) is 26.0 Å². The molecule has 1 aromatic carbocycles. The molecule has 0 atom stereocenters. The molecule has 0 aliphatic rings. The summed E-state index contributed by atoms with van der Waals surface area (Å²) in [6, 6.07) is 7.29. The summed E-state index contributed by atoms with van der Waals surface area (Å²) in [6.45, 7) is 7.65. The maximum absolute atomic E-state index is 12.3. The van der Waals surface area contributed by atoms with Crippen molar-refractivity contribution in [2.45, 2.75) is 20.8 Å². The molecule has 4 heteroatoms. The van der Waals surface area contributed by atoms with Crippen molar-refractivity contribution in [1.82, 2.24) is 4.90 Å². The number of nitrogens with one attached hydrogen (secondary N) is 1. The van der Waals surface area contributed by atoms with Gasteiger partial charge in [0.2, 0.25) is 0 Å². The number of hydrogen-bond acceptors (Lipinski definition) is 3. The van der Waals surface area contributed by atoms with E-state index in [1.807, 2.05) is 24.0 Å². The van der Waals surface area contributed by atoms with Gasteiger partial charge in [0.1, 0.15) is 0 Å². The van der Waals surface area contributed by atoms with E-state index in [2.05, 4.69) is 19.3 Å². The summed E-state index contributed by atoms with van der Waals surface area (Å²) < 4.78 is 0. The first-order chi connectivity index (χ1) is 8.10. The lowest BCUT2D eigenvalue weighted by Gasteiger charge is -2.24. The van der Waals surface area contributed by atoms with Crippen LogP contribution in [0, 0.1) is 5.92 Å². The van der Waals surface area contributed by atoms with Crippen LogP contribution in [0.1, 0.15) is 31.1 Å². The monoisotopic (exact) mass is 235 g/mol. The van der Waals surface area contributed by atoms with Crippen LogP contribution in [0.25, 0.3) is 0 Å². The molecule has 0 bridgehead atoms. The fourth-order valence-corrected chi connectivity index (χ4v) is 1.76. The zero-order chi connectivity index (χ0) is 12.8. The van der Waals surface area contributed by atoms with Gasteiger partial charge in [-0.2, -0.15) is 0 Å².